The van der Waals surface area contributed by atoms with Gasteiger partial charge >= 0.3 is 0 Å². The summed E-state index contributed by atoms with van der Waals surface area (Å²) in [7, 11) is 0. The minimum absolute atomic E-state index is 0.116. The Balaban J connectivity index is 2.77. The van der Waals surface area contributed by atoms with Crippen LogP contribution in [-0.4, -0.2) is 29.7 Å². The number of nitrogens with one attached hydrogen (secondary N) is 1. The van der Waals surface area contributed by atoms with Crippen LogP contribution in [0.3, 0.4) is 0 Å². The third-order valence-corrected chi connectivity index (χ3v) is 2.40. The summed E-state index contributed by atoms with van der Waals surface area (Å²) < 4.78 is 38.8. The van der Waals surface area contributed by atoms with Gasteiger partial charge in [0.1, 0.15) is 0 Å². The third kappa shape index (κ3) is 3.21. The molecule has 1 aromatic rings. The third-order valence-electron chi connectivity index (χ3n) is 2.40. The molecule has 0 aliphatic carbocycles. The fourth-order valence-corrected chi connectivity index (χ4v) is 1.18. The van der Waals surface area contributed by atoms with Gasteiger partial charge < -0.3 is 16.2 Å². The van der Waals surface area contributed by atoms with Crippen molar-refractivity contribution in [2.24, 2.45) is 5.73 Å². The molecule has 7 heteroatoms. The van der Waals surface area contributed by atoms with Gasteiger partial charge in [-0.2, -0.15) is 0 Å². The molecular weight excluding hydrogens is 249 g/mol. The molecule has 4 N–H and O–H groups in total. The van der Waals surface area contributed by atoms with Crippen LogP contribution in [0.25, 0.3) is 0 Å². The van der Waals surface area contributed by atoms with E-state index in [1.807, 2.05) is 0 Å². The molecule has 4 nitrogen and oxygen atoms in total. The summed E-state index contributed by atoms with van der Waals surface area (Å²) in [6, 6.07) is 0.751. The predicted molar refractivity (Wildman–Crippen MR) is 58.3 cm³/mol. The van der Waals surface area contributed by atoms with Crippen LogP contribution in [0.1, 0.15) is 17.3 Å². The lowest BCUT2D eigenvalue weighted by atomic mass is 10.1. The number of amides is 1. The number of benzene rings is 1. The van der Waals surface area contributed by atoms with Gasteiger partial charge in [0, 0.05) is 12.6 Å². The van der Waals surface area contributed by atoms with E-state index in [0.29, 0.717) is 6.07 Å². The minimum atomic E-state index is -1.71. The van der Waals surface area contributed by atoms with E-state index in [1.54, 1.807) is 0 Å². The maximum absolute atomic E-state index is 13.2. The lowest BCUT2D eigenvalue weighted by Crippen LogP contribution is -2.43. The standard InChI is InChI=1S/C11H13F3N2O2/c1-5(17)8(15)4-16-11(18)6-2-3-7(12)10(14)9(6)13/h2-3,5,8,17H,4,15H2,1H3,(H,16,18). The van der Waals surface area contributed by atoms with Crippen molar-refractivity contribution in [1.82, 2.24) is 5.32 Å². The number of aliphatic hydroxyl groups excluding tert-OH is 1. The van der Waals surface area contributed by atoms with E-state index >= 15 is 0 Å². The van der Waals surface area contributed by atoms with Gasteiger partial charge in [-0.1, -0.05) is 0 Å². The topological polar surface area (TPSA) is 75.3 Å². The smallest absolute Gasteiger partial charge is 0.254 e. The van der Waals surface area contributed by atoms with Crippen molar-refractivity contribution in [3.8, 4) is 0 Å². The van der Waals surface area contributed by atoms with Gasteiger partial charge in [-0.25, -0.2) is 13.2 Å². The van der Waals surface area contributed by atoms with E-state index in [0.717, 1.165) is 6.07 Å². The van der Waals surface area contributed by atoms with Crippen LogP contribution in [0, 0.1) is 17.5 Å². The van der Waals surface area contributed by atoms with Crippen molar-refractivity contribution in [3.05, 3.63) is 35.1 Å². The fraction of sp³-hybridized carbons (Fsp3) is 0.364. The highest BCUT2D eigenvalue weighted by atomic mass is 19.2. The van der Waals surface area contributed by atoms with Gasteiger partial charge in [-0.05, 0) is 19.1 Å². The van der Waals surface area contributed by atoms with Crippen molar-refractivity contribution >= 4 is 5.91 Å². The van der Waals surface area contributed by atoms with E-state index in [9.17, 15) is 18.0 Å². The normalized spacial score (nSPS) is 14.1. The number of carbonyl (C=O) groups excluding carboxylic acids is 1. The summed E-state index contributed by atoms with van der Waals surface area (Å²) in [4.78, 5) is 11.5. The molecule has 2 atom stereocenters. The van der Waals surface area contributed by atoms with Crippen LogP contribution < -0.4 is 11.1 Å². The van der Waals surface area contributed by atoms with Crippen LogP contribution in [0.5, 0.6) is 0 Å². The number of aliphatic hydroxyl groups is 1. The average molecular weight is 262 g/mol. The molecule has 0 aliphatic rings. The maximum Gasteiger partial charge on any atom is 0.254 e. The summed E-state index contributed by atoms with van der Waals surface area (Å²) in [6.45, 7) is 1.31. The van der Waals surface area contributed by atoms with Gasteiger partial charge in [-0.15, -0.1) is 0 Å². The molecular formula is C11H13F3N2O2. The Morgan fingerprint density at radius 2 is 2.00 bits per heavy atom. The quantitative estimate of drug-likeness (QED) is 0.693. The van der Waals surface area contributed by atoms with Gasteiger partial charge in [0.05, 0.1) is 11.7 Å². The first kappa shape index (κ1) is 14.5. The van der Waals surface area contributed by atoms with Crippen LogP contribution in [0.4, 0.5) is 13.2 Å². The lowest BCUT2D eigenvalue weighted by molar-refractivity contribution is 0.0932. The zero-order valence-electron chi connectivity index (χ0n) is 9.58. The molecule has 0 saturated heterocycles. The molecule has 2 unspecified atom stereocenters. The summed E-state index contributed by atoms with van der Waals surface area (Å²) in [5.41, 5.74) is 4.82. The first-order valence-corrected chi connectivity index (χ1v) is 5.20. The molecule has 100 valence electrons. The SMILES string of the molecule is CC(O)C(N)CNC(=O)c1ccc(F)c(F)c1F. The molecule has 1 rings (SSSR count). The van der Waals surface area contributed by atoms with Crippen molar-refractivity contribution in [2.45, 2.75) is 19.1 Å². The van der Waals surface area contributed by atoms with Gasteiger partial charge in [0.25, 0.3) is 5.91 Å². The monoisotopic (exact) mass is 262 g/mol. The highest BCUT2D eigenvalue weighted by Crippen LogP contribution is 2.14. The number of hydrogen-bond acceptors (Lipinski definition) is 3. The Kier molecular flexibility index (Phi) is 4.69. The molecule has 0 fully saturated rings. The summed E-state index contributed by atoms with van der Waals surface area (Å²) in [5.74, 6) is -5.56. The summed E-state index contributed by atoms with van der Waals surface area (Å²) in [6.07, 6.45) is -0.861. The van der Waals surface area contributed by atoms with Crippen LogP contribution >= 0.6 is 0 Å². The second kappa shape index (κ2) is 5.83. The second-order valence-electron chi connectivity index (χ2n) is 3.84. The predicted octanol–water partition coefficient (Wildman–Crippen LogP) is 0.542. The Hall–Kier alpha value is -1.60. The molecule has 1 aromatic carbocycles. The maximum atomic E-state index is 13.2. The van der Waals surface area contributed by atoms with Crippen LogP contribution in [0.2, 0.25) is 0 Å². The Bertz CT molecular complexity index is 452. The molecule has 0 aromatic heterocycles. The zero-order chi connectivity index (χ0) is 13.9. The Morgan fingerprint density at radius 3 is 2.56 bits per heavy atom. The summed E-state index contributed by atoms with van der Waals surface area (Å²) in [5, 5.41) is 11.3. The highest BCUT2D eigenvalue weighted by molar-refractivity contribution is 5.94. The highest BCUT2D eigenvalue weighted by Gasteiger charge is 2.19. The number of nitrogens with two attached hydrogens (primary N) is 1. The molecule has 0 bridgehead atoms. The van der Waals surface area contributed by atoms with Crippen molar-refractivity contribution in [2.75, 3.05) is 6.54 Å². The van der Waals surface area contributed by atoms with E-state index in [1.165, 1.54) is 6.92 Å². The molecule has 0 radical (unpaired) electrons. The zero-order valence-corrected chi connectivity index (χ0v) is 9.58. The molecule has 0 aliphatic heterocycles. The van der Waals surface area contributed by atoms with Gasteiger partial charge in [-0.3, -0.25) is 4.79 Å². The fourth-order valence-electron chi connectivity index (χ4n) is 1.18. The molecule has 0 spiro atoms. The molecule has 18 heavy (non-hydrogen) atoms. The van der Waals surface area contributed by atoms with Crippen molar-refractivity contribution in [3.63, 3.8) is 0 Å². The molecule has 0 saturated carbocycles. The number of hydrogen-bond donors (Lipinski definition) is 3. The first-order valence-electron chi connectivity index (χ1n) is 5.20. The minimum Gasteiger partial charge on any atom is -0.392 e. The van der Waals surface area contributed by atoms with E-state index in [-0.39, 0.29) is 6.54 Å². The Morgan fingerprint density at radius 1 is 1.39 bits per heavy atom. The number of carbonyl (C=O) groups is 1. The molecule has 1 amide bonds. The lowest BCUT2D eigenvalue weighted by Gasteiger charge is -2.15. The van der Waals surface area contributed by atoms with Gasteiger partial charge in [0.15, 0.2) is 17.5 Å². The first-order chi connectivity index (χ1) is 8.34. The Labute approximate surface area is 102 Å². The second-order valence-corrected chi connectivity index (χ2v) is 3.84. The number of halogens is 3. The van der Waals surface area contributed by atoms with Crippen LogP contribution in [-0.2, 0) is 0 Å². The van der Waals surface area contributed by atoms with Crippen LogP contribution in [0.15, 0.2) is 12.1 Å². The van der Waals surface area contributed by atoms with E-state index in [2.05, 4.69) is 5.32 Å². The largest absolute Gasteiger partial charge is 0.392 e. The summed E-state index contributed by atoms with van der Waals surface area (Å²) >= 11 is 0. The van der Waals surface area contributed by atoms with Crippen molar-refractivity contribution in [1.29, 1.82) is 0 Å². The number of rotatable bonds is 4. The molecule has 0 heterocycles. The average Bonchev–Trinajstić information content (AvgIpc) is 2.32. The van der Waals surface area contributed by atoms with Crippen molar-refractivity contribution < 1.29 is 23.1 Å². The van der Waals surface area contributed by atoms with E-state index < -0.39 is 41.1 Å². The van der Waals surface area contributed by atoms with E-state index in [4.69, 9.17) is 10.8 Å². The van der Waals surface area contributed by atoms with Gasteiger partial charge in [0.2, 0.25) is 0 Å².